The van der Waals surface area contributed by atoms with Gasteiger partial charge >= 0.3 is 0 Å². The minimum absolute atomic E-state index is 0.187. The van der Waals surface area contributed by atoms with Crippen molar-refractivity contribution in [3.05, 3.63) is 58.6 Å². The molecule has 0 aliphatic carbocycles. The van der Waals surface area contributed by atoms with Crippen LogP contribution in [-0.2, 0) is 10.0 Å². The first-order valence-electron chi connectivity index (χ1n) is 7.96. The molecule has 1 saturated heterocycles. The molecule has 2 aromatic rings. The summed E-state index contributed by atoms with van der Waals surface area (Å²) in [4.78, 5) is 2.44. The molecule has 6 heteroatoms. The molecule has 2 aromatic carbocycles. The Morgan fingerprint density at radius 2 is 1.62 bits per heavy atom. The topological polar surface area (TPSA) is 40.6 Å². The molecule has 0 N–H and O–H groups in total. The number of hydrogen-bond acceptors (Lipinski definition) is 3. The van der Waals surface area contributed by atoms with Crippen molar-refractivity contribution in [2.24, 2.45) is 0 Å². The zero-order chi connectivity index (χ0) is 17.3. The number of nitrogens with zero attached hydrogens (tertiary/aromatic N) is 2. The molecule has 0 spiro atoms. The number of benzene rings is 2. The van der Waals surface area contributed by atoms with E-state index in [0.717, 1.165) is 0 Å². The molecule has 4 nitrogen and oxygen atoms in total. The Kier molecular flexibility index (Phi) is 4.85. The number of anilines is 1. The highest BCUT2D eigenvalue weighted by Gasteiger charge is 2.30. The predicted octanol–water partition coefficient (Wildman–Crippen LogP) is 3.47. The minimum Gasteiger partial charge on any atom is -0.369 e. The molecule has 1 heterocycles. The highest BCUT2D eigenvalue weighted by Crippen LogP contribution is 2.27. The van der Waals surface area contributed by atoms with Gasteiger partial charge in [0, 0.05) is 31.9 Å². The van der Waals surface area contributed by atoms with Crippen LogP contribution in [0, 0.1) is 13.8 Å². The highest BCUT2D eigenvalue weighted by molar-refractivity contribution is 7.89. The van der Waals surface area contributed by atoms with E-state index >= 15 is 0 Å². The lowest BCUT2D eigenvalue weighted by atomic mass is 10.1. The Balaban J connectivity index is 1.78. The lowest BCUT2D eigenvalue weighted by Crippen LogP contribution is -2.48. The van der Waals surface area contributed by atoms with Crippen LogP contribution in [0.15, 0.2) is 47.4 Å². The Labute approximate surface area is 148 Å². The van der Waals surface area contributed by atoms with Crippen molar-refractivity contribution in [2.75, 3.05) is 31.1 Å². The molecular formula is C18H21ClN2O2S. The van der Waals surface area contributed by atoms with Crippen LogP contribution in [0.3, 0.4) is 0 Å². The second-order valence-electron chi connectivity index (χ2n) is 6.11. The molecule has 0 saturated carbocycles. The summed E-state index contributed by atoms with van der Waals surface area (Å²) in [7, 11) is -3.54. The number of halogens is 1. The van der Waals surface area contributed by atoms with Gasteiger partial charge < -0.3 is 4.90 Å². The molecule has 0 radical (unpaired) electrons. The van der Waals surface area contributed by atoms with E-state index in [4.69, 9.17) is 11.6 Å². The van der Waals surface area contributed by atoms with E-state index in [-0.39, 0.29) is 9.92 Å². The normalized spacial score (nSPS) is 16.4. The van der Waals surface area contributed by atoms with Crippen LogP contribution in [0.25, 0.3) is 0 Å². The second-order valence-corrected chi connectivity index (χ2v) is 8.43. The van der Waals surface area contributed by atoms with Crippen LogP contribution in [-0.4, -0.2) is 38.9 Å². The molecule has 0 bridgehead atoms. The SMILES string of the molecule is Cc1ccc(C)c(N2CCN(S(=O)(=O)c3ccccc3Cl)CC2)c1. The van der Waals surface area contributed by atoms with Crippen molar-refractivity contribution in [2.45, 2.75) is 18.7 Å². The van der Waals surface area contributed by atoms with E-state index in [9.17, 15) is 8.42 Å². The number of rotatable bonds is 3. The van der Waals surface area contributed by atoms with Gasteiger partial charge in [0.2, 0.25) is 10.0 Å². The molecule has 1 aliphatic rings. The van der Waals surface area contributed by atoms with Crippen LogP contribution < -0.4 is 4.90 Å². The van der Waals surface area contributed by atoms with Gasteiger partial charge in [-0.1, -0.05) is 35.9 Å². The van der Waals surface area contributed by atoms with Gasteiger partial charge in [-0.15, -0.1) is 0 Å². The zero-order valence-electron chi connectivity index (χ0n) is 13.9. The third-order valence-corrected chi connectivity index (χ3v) is 6.80. The fourth-order valence-electron chi connectivity index (χ4n) is 3.02. The first kappa shape index (κ1) is 17.3. The average Bonchev–Trinajstić information content (AvgIpc) is 2.57. The van der Waals surface area contributed by atoms with Gasteiger partial charge in [-0.3, -0.25) is 0 Å². The number of sulfonamides is 1. The van der Waals surface area contributed by atoms with Gasteiger partial charge in [0.25, 0.3) is 0 Å². The van der Waals surface area contributed by atoms with Gasteiger partial charge in [-0.25, -0.2) is 8.42 Å². The lowest BCUT2D eigenvalue weighted by Gasteiger charge is -2.36. The van der Waals surface area contributed by atoms with Gasteiger partial charge in [0.15, 0.2) is 0 Å². The average molecular weight is 365 g/mol. The van der Waals surface area contributed by atoms with Gasteiger partial charge in [0.1, 0.15) is 4.90 Å². The van der Waals surface area contributed by atoms with Crippen molar-refractivity contribution >= 4 is 27.3 Å². The third-order valence-electron chi connectivity index (χ3n) is 4.40. The van der Waals surface area contributed by atoms with Crippen LogP contribution in [0.5, 0.6) is 0 Å². The Morgan fingerprint density at radius 3 is 2.29 bits per heavy atom. The molecule has 1 fully saturated rings. The van der Waals surface area contributed by atoms with E-state index in [1.807, 2.05) is 0 Å². The fraction of sp³-hybridized carbons (Fsp3) is 0.333. The van der Waals surface area contributed by atoms with Crippen molar-refractivity contribution in [3.8, 4) is 0 Å². The zero-order valence-corrected chi connectivity index (χ0v) is 15.4. The Morgan fingerprint density at radius 1 is 0.958 bits per heavy atom. The smallest absolute Gasteiger partial charge is 0.244 e. The summed E-state index contributed by atoms with van der Waals surface area (Å²) in [5.41, 5.74) is 3.61. The van der Waals surface area contributed by atoms with Crippen molar-refractivity contribution in [1.29, 1.82) is 0 Å². The largest absolute Gasteiger partial charge is 0.369 e. The van der Waals surface area contributed by atoms with Crippen LogP contribution in [0.2, 0.25) is 5.02 Å². The number of piperazine rings is 1. The monoisotopic (exact) mass is 364 g/mol. The molecule has 3 rings (SSSR count). The fourth-order valence-corrected chi connectivity index (χ4v) is 4.94. The van der Waals surface area contributed by atoms with E-state index in [1.165, 1.54) is 21.1 Å². The minimum atomic E-state index is -3.54. The highest BCUT2D eigenvalue weighted by atomic mass is 35.5. The van der Waals surface area contributed by atoms with Crippen molar-refractivity contribution in [3.63, 3.8) is 0 Å². The molecule has 1 aliphatic heterocycles. The van der Waals surface area contributed by atoms with E-state index in [1.54, 1.807) is 24.3 Å². The van der Waals surface area contributed by atoms with E-state index in [0.29, 0.717) is 26.2 Å². The van der Waals surface area contributed by atoms with E-state index < -0.39 is 10.0 Å². The third kappa shape index (κ3) is 3.29. The number of aryl methyl sites for hydroxylation is 2. The summed E-state index contributed by atoms with van der Waals surface area (Å²) in [6.45, 7) is 6.42. The van der Waals surface area contributed by atoms with Crippen molar-refractivity contribution in [1.82, 2.24) is 4.31 Å². The van der Waals surface area contributed by atoms with Gasteiger partial charge in [-0.05, 0) is 43.2 Å². The summed E-state index contributed by atoms with van der Waals surface area (Å²) in [6, 6.07) is 13.0. The van der Waals surface area contributed by atoms with Crippen molar-refractivity contribution < 1.29 is 8.42 Å². The maximum Gasteiger partial charge on any atom is 0.244 e. The first-order valence-corrected chi connectivity index (χ1v) is 9.78. The maximum atomic E-state index is 12.8. The summed E-state index contributed by atoms with van der Waals surface area (Å²) >= 11 is 6.07. The van der Waals surface area contributed by atoms with Gasteiger partial charge in [0.05, 0.1) is 5.02 Å². The first-order chi connectivity index (χ1) is 11.4. The molecule has 0 unspecified atom stereocenters. The standard InChI is InChI=1S/C18H21ClN2O2S/c1-14-7-8-15(2)17(13-14)20-9-11-21(12-10-20)24(22,23)18-6-4-3-5-16(18)19/h3-8,13H,9-12H2,1-2H3. The van der Waals surface area contributed by atoms with Gasteiger partial charge in [-0.2, -0.15) is 4.31 Å². The maximum absolute atomic E-state index is 12.8. The van der Waals surface area contributed by atoms with Crippen LogP contribution in [0.4, 0.5) is 5.69 Å². The Bertz CT molecular complexity index is 844. The lowest BCUT2D eigenvalue weighted by molar-refractivity contribution is 0.385. The molecular weight excluding hydrogens is 344 g/mol. The second kappa shape index (κ2) is 6.75. The summed E-state index contributed by atoms with van der Waals surface area (Å²) < 4.78 is 27.1. The quantitative estimate of drug-likeness (QED) is 0.837. The van der Waals surface area contributed by atoms with E-state index in [2.05, 4.69) is 36.9 Å². The van der Waals surface area contributed by atoms with Crippen LogP contribution in [0.1, 0.15) is 11.1 Å². The Hall–Kier alpha value is -1.56. The molecule has 0 amide bonds. The number of hydrogen-bond donors (Lipinski definition) is 0. The summed E-state index contributed by atoms with van der Waals surface area (Å²) in [5, 5.41) is 0.273. The molecule has 0 atom stereocenters. The molecule has 24 heavy (non-hydrogen) atoms. The molecule has 0 aromatic heterocycles. The van der Waals surface area contributed by atoms with Crippen LogP contribution >= 0.6 is 11.6 Å². The molecule has 128 valence electrons. The predicted molar refractivity (Wildman–Crippen MR) is 98.3 cm³/mol. The summed E-state index contributed by atoms with van der Waals surface area (Å²) in [6.07, 6.45) is 0. The summed E-state index contributed by atoms with van der Waals surface area (Å²) in [5.74, 6) is 0.